The Hall–Kier alpha value is -1.94. The Morgan fingerprint density at radius 3 is 2.48 bits per heavy atom. The van der Waals surface area contributed by atoms with Crippen molar-refractivity contribution in [2.24, 2.45) is 0 Å². The molecule has 0 aliphatic carbocycles. The molecule has 0 atom stereocenters. The average molecular weight is 342 g/mol. The van der Waals surface area contributed by atoms with Gasteiger partial charge in [0, 0.05) is 5.02 Å². The minimum atomic E-state index is -3.90. The Bertz CT molecular complexity index is 845. The summed E-state index contributed by atoms with van der Waals surface area (Å²) in [5.41, 5.74) is 6.21. The minimum absolute atomic E-state index is 0.0756. The first-order chi connectivity index (χ1) is 9.83. The van der Waals surface area contributed by atoms with Gasteiger partial charge in [-0.25, -0.2) is 8.42 Å². The standard InChI is InChI=1S/C13H9Cl2N3O2S/c14-9-2-4-12(17)13(5-9)21(19,20)18-10-3-1-8(7-16)11(15)6-10/h1-6,18H,17H2. The third-order valence-electron chi connectivity index (χ3n) is 2.61. The molecule has 5 nitrogen and oxygen atoms in total. The second-order valence-electron chi connectivity index (χ2n) is 4.09. The van der Waals surface area contributed by atoms with Gasteiger partial charge in [-0.1, -0.05) is 23.2 Å². The highest BCUT2D eigenvalue weighted by Gasteiger charge is 2.18. The number of anilines is 2. The van der Waals surface area contributed by atoms with Gasteiger partial charge in [0.05, 0.1) is 22.0 Å². The summed E-state index contributed by atoms with van der Waals surface area (Å²) >= 11 is 11.6. The lowest BCUT2D eigenvalue weighted by Gasteiger charge is -2.11. The monoisotopic (exact) mass is 341 g/mol. The molecular weight excluding hydrogens is 333 g/mol. The van der Waals surface area contributed by atoms with E-state index in [-0.39, 0.29) is 31.9 Å². The zero-order valence-electron chi connectivity index (χ0n) is 10.5. The largest absolute Gasteiger partial charge is 0.398 e. The first kappa shape index (κ1) is 15.4. The molecule has 2 aromatic rings. The third kappa shape index (κ3) is 3.39. The van der Waals surface area contributed by atoms with Crippen LogP contribution in [0.25, 0.3) is 0 Å². The van der Waals surface area contributed by atoms with Crippen LogP contribution < -0.4 is 10.5 Å². The van der Waals surface area contributed by atoms with Crippen molar-refractivity contribution in [3.05, 3.63) is 52.0 Å². The molecule has 8 heteroatoms. The van der Waals surface area contributed by atoms with E-state index in [4.69, 9.17) is 34.2 Å². The Labute approximate surface area is 132 Å². The summed E-state index contributed by atoms with van der Waals surface area (Å²) in [6, 6.07) is 10.2. The van der Waals surface area contributed by atoms with Gasteiger partial charge in [0.1, 0.15) is 11.0 Å². The fourth-order valence-corrected chi connectivity index (χ4v) is 3.29. The lowest BCUT2D eigenvalue weighted by molar-refractivity contribution is 0.601. The maximum atomic E-state index is 12.3. The predicted octanol–water partition coefficient (Wildman–Crippen LogP) is 3.25. The maximum Gasteiger partial charge on any atom is 0.263 e. The van der Waals surface area contributed by atoms with Gasteiger partial charge in [0.25, 0.3) is 10.0 Å². The number of nitrogen functional groups attached to an aromatic ring is 1. The molecule has 0 bridgehead atoms. The molecule has 0 fully saturated rings. The number of halogens is 2. The lowest BCUT2D eigenvalue weighted by Crippen LogP contribution is -2.14. The van der Waals surface area contributed by atoms with Crippen LogP contribution in [0.5, 0.6) is 0 Å². The van der Waals surface area contributed by atoms with Crippen LogP contribution in [0.15, 0.2) is 41.3 Å². The van der Waals surface area contributed by atoms with E-state index in [2.05, 4.69) is 4.72 Å². The number of nitrogens with two attached hydrogens (primary N) is 1. The van der Waals surface area contributed by atoms with Gasteiger partial charge in [-0.3, -0.25) is 4.72 Å². The van der Waals surface area contributed by atoms with E-state index in [0.29, 0.717) is 0 Å². The van der Waals surface area contributed by atoms with Crippen LogP contribution in [0.2, 0.25) is 10.0 Å². The van der Waals surface area contributed by atoms with Gasteiger partial charge in [-0.2, -0.15) is 5.26 Å². The Morgan fingerprint density at radius 1 is 1.14 bits per heavy atom. The molecule has 0 aliphatic heterocycles. The number of rotatable bonds is 3. The number of nitrogens with zero attached hydrogens (tertiary/aromatic N) is 1. The first-order valence-corrected chi connectivity index (χ1v) is 7.85. The van der Waals surface area contributed by atoms with Crippen LogP contribution in [-0.2, 0) is 10.0 Å². The molecule has 0 heterocycles. The topological polar surface area (TPSA) is 96.0 Å². The zero-order valence-corrected chi connectivity index (χ0v) is 12.8. The number of nitriles is 1. The number of hydrogen-bond acceptors (Lipinski definition) is 4. The highest BCUT2D eigenvalue weighted by molar-refractivity contribution is 7.92. The number of nitrogens with one attached hydrogen (secondary N) is 1. The van der Waals surface area contributed by atoms with Crippen molar-refractivity contribution in [3.63, 3.8) is 0 Å². The summed E-state index contributed by atoms with van der Waals surface area (Å²) in [4.78, 5) is -0.129. The summed E-state index contributed by atoms with van der Waals surface area (Å²) in [6.07, 6.45) is 0. The van der Waals surface area contributed by atoms with Crippen LogP contribution in [0, 0.1) is 11.3 Å². The SMILES string of the molecule is N#Cc1ccc(NS(=O)(=O)c2cc(Cl)ccc2N)cc1Cl. The second-order valence-corrected chi connectivity index (χ2v) is 6.59. The molecule has 0 amide bonds. The summed E-state index contributed by atoms with van der Waals surface area (Å²) in [5, 5.41) is 9.18. The van der Waals surface area contributed by atoms with Crippen LogP contribution in [-0.4, -0.2) is 8.42 Å². The van der Waals surface area contributed by atoms with Crippen molar-refractivity contribution in [1.29, 1.82) is 5.26 Å². The minimum Gasteiger partial charge on any atom is -0.398 e. The highest BCUT2D eigenvalue weighted by Crippen LogP contribution is 2.26. The quantitative estimate of drug-likeness (QED) is 0.837. The molecule has 2 rings (SSSR count). The fraction of sp³-hybridized carbons (Fsp3) is 0. The first-order valence-electron chi connectivity index (χ1n) is 5.61. The van der Waals surface area contributed by atoms with Crippen molar-refractivity contribution in [2.75, 3.05) is 10.5 Å². The molecule has 0 unspecified atom stereocenters. The molecule has 0 spiro atoms. The molecule has 0 saturated carbocycles. The van der Waals surface area contributed by atoms with E-state index in [1.807, 2.05) is 6.07 Å². The van der Waals surface area contributed by atoms with Gasteiger partial charge < -0.3 is 5.73 Å². The second kappa shape index (κ2) is 5.82. The van der Waals surface area contributed by atoms with E-state index in [0.717, 1.165) is 0 Å². The van der Waals surface area contributed by atoms with Gasteiger partial charge in [0.15, 0.2) is 0 Å². The van der Waals surface area contributed by atoms with Crippen molar-refractivity contribution < 1.29 is 8.42 Å². The lowest BCUT2D eigenvalue weighted by atomic mass is 10.2. The van der Waals surface area contributed by atoms with Crippen LogP contribution >= 0.6 is 23.2 Å². The molecule has 108 valence electrons. The Morgan fingerprint density at radius 2 is 1.86 bits per heavy atom. The number of hydrogen-bond donors (Lipinski definition) is 2. The molecule has 2 aromatic carbocycles. The number of benzene rings is 2. The summed E-state index contributed by atoms with van der Waals surface area (Å²) in [6.45, 7) is 0. The summed E-state index contributed by atoms with van der Waals surface area (Å²) < 4.78 is 26.9. The van der Waals surface area contributed by atoms with Crippen molar-refractivity contribution in [2.45, 2.75) is 4.90 Å². The summed E-state index contributed by atoms with van der Waals surface area (Å²) in [5.74, 6) is 0. The smallest absolute Gasteiger partial charge is 0.263 e. The highest BCUT2D eigenvalue weighted by atomic mass is 35.5. The maximum absolute atomic E-state index is 12.3. The molecule has 0 saturated heterocycles. The van der Waals surface area contributed by atoms with E-state index < -0.39 is 10.0 Å². The van der Waals surface area contributed by atoms with Gasteiger partial charge in [0.2, 0.25) is 0 Å². The normalized spacial score (nSPS) is 10.9. The van der Waals surface area contributed by atoms with E-state index in [9.17, 15) is 8.42 Å². The zero-order chi connectivity index (χ0) is 15.6. The Kier molecular flexibility index (Phi) is 4.28. The predicted molar refractivity (Wildman–Crippen MR) is 82.8 cm³/mol. The van der Waals surface area contributed by atoms with E-state index in [1.54, 1.807) is 0 Å². The van der Waals surface area contributed by atoms with E-state index >= 15 is 0 Å². The van der Waals surface area contributed by atoms with Crippen LogP contribution in [0.3, 0.4) is 0 Å². The molecule has 0 aromatic heterocycles. The number of sulfonamides is 1. The molecule has 21 heavy (non-hydrogen) atoms. The third-order valence-corrected chi connectivity index (χ3v) is 4.59. The van der Waals surface area contributed by atoms with Crippen molar-refractivity contribution in [3.8, 4) is 6.07 Å². The van der Waals surface area contributed by atoms with Gasteiger partial charge in [-0.15, -0.1) is 0 Å². The Balaban J connectivity index is 2.40. The van der Waals surface area contributed by atoms with Gasteiger partial charge >= 0.3 is 0 Å². The summed E-state index contributed by atoms with van der Waals surface area (Å²) in [7, 11) is -3.90. The molecule has 0 aliphatic rings. The van der Waals surface area contributed by atoms with E-state index in [1.165, 1.54) is 36.4 Å². The van der Waals surface area contributed by atoms with Crippen molar-refractivity contribution in [1.82, 2.24) is 0 Å². The van der Waals surface area contributed by atoms with Crippen LogP contribution in [0.4, 0.5) is 11.4 Å². The average Bonchev–Trinajstić information content (AvgIpc) is 2.41. The fourth-order valence-electron chi connectivity index (χ4n) is 1.62. The van der Waals surface area contributed by atoms with Crippen LogP contribution in [0.1, 0.15) is 5.56 Å². The molecule has 0 radical (unpaired) electrons. The van der Waals surface area contributed by atoms with Gasteiger partial charge in [-0.05, 0) is 36.4 Å². The van der Waals surface area contributed by atoms with Crippen molar-refractivity contribution >= 4 is 44.6 Å². The molecular formula is C13H9Cl2N3O2S. The molecule has 3 N–H and O–H groups in total.